The van der Waals surface area contributed by atoms with Gasteiger partial charge in [-0.3, -0.25) is 0 Å². The summed E-state index contributed by atoms with van der Waals surface area (Å²) in [5.41, 5.74) is 2.23. The minimum absolute atomic E-state index is 0.0269. The fourth-order valence-corrected chi connectivity index (χ4v) is 4.06. The number of aryl methyl sites for hydroxylation is 1. The lowest BCUT2D eigenvalue weighted by Crippen LogP contribution is -2.14. The van der Waals surface area contributed by atoms with Crippen molar-refractivity contribution in [1.82, 2.24) is 0 Å². The maximum absolute atomic E-state index is 14.9. The van der Waals surface area contributed by atoms with Gasteiger partial charge in [0.1, 0.15) is 5.82 Å². The normalized spacial score (nSPS) is 22.1. The molecule has 0 nitrogen and oxygen atoms in total. The van der Waals surface area contributed by atoms with Crippen molar-refractivity contribution < 1.29 is 4.39 Å². The Morgan fingerprint density at radius 3 is 2.45 bits per heavy atom. The van der Waals surface area contributed by atoms with Gasteiger partial charge in [0.15, 0.2) is 0 Å². The van der Waals surface area contributed by atoms with Crippen molar-refractivity contribution in [2.45, 2.75) is 64.7 Å². The van der Waals surface area contributed by atoms with E-state index in [4.69, 9.17) is 0 Å². The number of benzene rings is 2. The van der Waals surface area contributed by atoms with Gasteiger partial charge in [0, 0.05) is 5.39 Å². The second kappa shape index (κ2) is 6.81. The number of hydrogen-bond acceptors (Lipinski definition) is 0. The van der Waals surface area contributed by atoms with Crippen LogP contribution >= 0.6 is 0 Å². The molecule has 1 saturated carbocycles. The van der Waals surface area contributed by atoms with Gasteiger partial charge in [0.05, 0.1) is 0 Å². The molecule has 0 radical (unpaired) electrons. The number of hydrogen-bond donors (Lipinski definition) is 0. The van der Waals surface area contributed by atoms with Crippen molar-refractivity contribution in [3.8, 4) is 0 Å². The van der Waals surface area contributed by atoms with Gasteiger partial charge >= 0.3 is 0 Å². The summed E-state index contributed by atoms with van der Waals surface area (Å²) >= 11 is 0. The van der Waals surface area contributed by atoms with E-state index in [1.807, 2.05) is 12.1 Å². The predicted octanol–water partition coefficient (Wildman–Crippen LogP) is 6.62. The lowest BCUT2D eigenvalue weighted by molar-refractivity contribution is 0.305. The molecule has 0 spiro atoms. The maximum atomic E-state index is 14.9. The Morgan fingerprint density at radius 2 is 1.77 bits per heavy atom. The second-order valence-electron chi connectivity index (χ2n) is 6.88. The highest BCUT2D eigenvalue weighted by atomic mass is 19.1. The Morgan fingerprint density at radius 1 is 1.00 bits per heavy atom. The zero-order chi connectivity index (χ0) is 15.5. The third-order valence-corrected chi connectivity index (χ3v) is 5.44. The summed E-state index contributed by atoms with van der Waals surface area (Å²) in [5, 5.41) is 1.84. The molecule has 22 heavy (non-hydrogen) atoms. The summed E-state index contributed by atoms with van der Waals surface area (Å²) in [4.78, 5) is 0. The lowest BCUT2D eigenvalue weighted by atomic mass is 9.77. The molecule has 0 amide bonds. The molecule has 0 saturated heterocycles. The first kappa shape index (κ1) is 15.5. The molecule has 1 fully saturated rings. The molecular weight excluding hydrogens is 271 g/mol. The quantitative estimate of drug-likeness (QED) is 0.595. The van der Waals surface area contributed by atoms with Gasteiger partial charge in [0.2, 0.25) is 0 Å². The van der Waals surface area contributed by atoms with E-state index < -0.39 is 0 Å². The van der Waals surface area contributed by atoms with Crippen LogP contribution in [-0.2, 0) is 6.42 Å². The third kappa shape index (κ3) is 3.04. The smallest absolute Gasteiger partial charge is 0.134 e. The van der Waals surface area contributed by atoms with E-state index in [-0.39, 0.29) is 5.82 Å². The number of rotatable bonds is 4. The van der Waals surface area contributed by atoms with Crippen LogP contribution in [0.15, 0.2) is 30.3 Å². The van der Waals surface area contributed by atoms with Crippen molar-refractivity contribution in [2.75, 3.05) is 0 Å². The molecule has 0 heterocycles. The molecule has 118 valence electrons. The van der Waals surface area contributed by atoms with Gasteiger partial charge in [-0.25, -0.2) is 4.39 Å². The highest BCUT2D eigenvalue weighted by Gasteiger charge is 2.24. The Balaban J connectivity index is 1.84. The molecule has 0 N–H and O–H groups in total. The number of fused-ring (bicyclic) bond motifs is 1. The molecule has 0 unspecified atom stereocenters. The highest BCUT2D eigenvalue weighted by molar-refractivity contribution is 5.84. The van der Waals surface area contributed by atoms with Crippen molar-refractivity contribution in [3.05, 3.63) is 47.3 Å². The minimum Gasteiger partial charge on any atom is -0.206 e. The molecule has 2 aromatic rings. The van der Waals surface area contributed by atoms with Crippen LogP contribution in [-0.4, -0.2) is 0 Å². The van der Waals surface area contributed by atoms with Gasteiger partial charge in [-0.1, -0.05) is 57.0 Å². The zero-order valence-electron chi connectivity index (χ0n) is 13.9. The van der Waals surface area contributed by atoms with E-state index >= 15 is 0 Å². The molecule has 0 aliphatic heterocycles. The molecule has 1 aliphatic carbocycles. The Bertz CT molecular complexity index is 636. The van der Waals surface area contributed by atoms with E-state index in [1.165, 1.54) is 31.2 Å². The van der Waals surface area contributed by atoms with E-state index in [0.29, 0.717) is 5.92 Å². The summed E-state index contributed by atoms with van der Waals surface area (Å²) in [6, 6.07) is 10.3. The first-order chi connectivity index (χ1) is 10.7. The summed E-state index contributed by atoms with van der Waals surface area (Å²) in [7, 11) is 0. The first-order valence-electron chi connectivity index (χ1n) is 8.94. The third-order valence-electron chi connectivity index (χ3n) is 5.44. The van der Waals surface area contributed by atoms with Crippen LogP contribution in [0.4, 0.5) is 4.39 Å². The fourth-order valence-electron chi connectivity index (χ4n) is 4.06. The zero-order valence-corrected chi connectivity index (χ0v) is 13.9. The molecule has 2 aromatic carbocycles. The number of halogens is 1. The molecule has 3 rings (SSSR count). The standard InChI is InChI=1S/C21H27F/c1-3-5-16-6-9-17(10-7-16)19-13-11-18-14-15(4-2)8-12-20(18)21(19)22/h8,11-14,16-17H,3-7,9-10H2,1-2H3. The molecule has 0 bridgehead atoms. The van der Waals surface area contributed by atoms with Gasteiger partial charge in [-0.15, -0.1) is 0 Å². The maximum Gasteiger partial charge on any atom is 0.134 e. The largest absolute Gasteiger partial charge is 0.206 e. The summed E-state index contributed by atoms with van der Waals surface area (Å²) in [5.74, 6) is 1.32. The summed E-state index contributed by atoms with van der Waals surface area (Å²) in [6.07, 6.45) is 8.46. The van der Waals surface area contributed by atoms with Crippen molar-refractivity contribution in [1.29, 1.82) is 0 Å². The molecular formula is C21H27F. The predicted molar refractivity (Wildman–Crippen MR) is 92.9 cm³/mol. The SMILES string of the molecule is CCCC1CCC(c2ccc3cc(CC)ccc3c2F)CC1. The van der Waals surface area contributed by atoms with E-state index in [0.717, 1.165) is 41.5 Å². The molecule has 0 aromatic heterocycles. The molecule has 0 atom stereocenters. The minimum atomic E-state index is 0.0269. The van der Waals surface area contributed by atoms with Crippen LogP contribution in [0.5, 0.6) is 0 Å². The second-order valence-corrected chi connectivity index (χ2v) is 6.88. The Hall–Kier alpha value is -1.37. The van der Waals surface area contributed by atoms with Crippen LogP contribution < -0.4 is 0 Å². The average Bonchev–Trinajstić information content (AvgIpc) is 2.56. The van der Waals surface area contributed by atoms with Crippen molar-refractivity contribution >= 4 is 10.8 Å². The summed E-state index contributed by atoms with van der Waals surface area (Å²) in [6.45, 7) is 4.40. The van der Waals surface area contributed by atoms with Crippen LogP contribution in [0, 0.1) is 11.7 Å². The lowest BCUT2D eigenvalue weighted by Gasteiger charge is -2.29. The Kier molecular flexibility index (Phi) is 4.81. The van der Waals surface area contributed by atoms with Crippen LogP contribution in [0.2, 0.25) is 0 Å². The van der Waals surface area contributed by atoms with Crippen molar-refractivity contribution in [2.24, 2.45) is 5.92 Å². The first-order valence-corrected chi connectivity index (χ1v) is 8.94. The van der Waals surface area contributed by atoms with Gasteiger partial charge in [-0.2, -0.15) is 0 Å². The van der Waals surface area contributed by atoms with E-state index in [2.05, 4.69) is 32.0 Å². The molecule has 1 aliphatic rings. The molecule has 1 heteroatoms. The van der Waals surface area contributed by atoms with Crippen LogP contribution in [0.25, 0.3) is 10.8 Å². The van der Waals surface area contributed by atoms with Crippen LogP contribution in [0.3, 0.4) is 0 Å². The van der Waals surface area contributed by atoms with Crippen molar-refractivity contribution in [3.63, 3.8) is 0 Å². The van der Waals surface area contributed by atoms with E-state index in [1.54, 1.807) is 0 Å². The Labute approximate surface area is 133 Å². The van der Waals surface area contributed by atoms with Gasteiger partial charge < -0.3 is 0 Å². The monoisotopic (exact) mass is 298 g/mol. The topological polar surface area (TPSA) is 0 Å². The fraction of sp³-hybridized carbons (Fsp3) is 0.524. The van der Waals surface area contributed by atoms with Gasteiger partial charge in [0.25, 0.3) is 0 Å². The summed E-state index contributed by atoms with van der Waals surface area (Å²) < 4.78 is 14.9. The van der Waals surface area contributed by atoms with Gasteiger partial charge in [-0.05, 0) is 60.5 Å². The highest BCUT2D eigenvalue weighted by Crippen LogP contribution is 2.39. The van der Waals surface area contributed by atoms with E-state index in [9.17, 15) is 4.39 Å². The average molecular weight is 298 g/mol. The van der Waals surface area contributed by atoms with Crippen LogP contribution in [0.1, 0.15) is 69.4 Å².